The highest BCUT2D eigenvalue weighted by atomic mass is 79.9. The van der Waals surface area contributed by atoms with E-state index in [0.717, 1.165) is 27.8 Å². The van der Waals surface area contributed by atoms with Gasteiger partial charge in [0.25, 0.3) is 0 Å². The maximum Gasteiger partial charge on any atom is 0.140 e. The minimum atomic E-state index is -0.160. The molecule has 0 saturated heterocycles. The molecule has 2 rings (SSSR count). The van der Waals surface area contributed by atoms with E-state index in [-0.39, 0.29) is 12.1 Å². The summed E-state index contributed by atoms with van der Waals surface area (Å²) in [7, 11) is 0. The van der Waals surface area contributed by atoms with Gasteiger partial charge >= 0.3 is 0 Å². The molecule has 2 unspecified atom stereocenters. The van der Waals surface area contributed by atoms with Crippen LogP contribution >= 0.6 is 15.9 Å². The van der Waals surface area contributed by atoms with Gasteiger partial charge in [-0.1, -0.05) is 58.7 Å². The van der Waals surface area contributed by atoms with Crippen molar-refractivity contribution in [3.05, 3.63) is 63.6 Å². The van der Waals surface area contributed by atoms with Crippen LogP contribution in [0.3, 0.4) is 0 Å². The van der Waals surface area contributed by atoms with Gasteiger partial charge in [-0.2, -0.15) is 0 Å². The van der Waals surface area contributed by atoms with Crippen LogP contribution in [0, 0.1) is 13.8 Å². The number of aryl methyl sites for hydroxylation is 2. The Hall–Kier alpha value is -1.32. The third kappa shape index (κ3) is 3.86. The van der Waals surface area contributed by atoms with Crippen LogP contribution in [0.15, 0.2) is 46.9 Å². The summed E-state index contributed by atoms with van der Waals surface area (Å²) in [5.41, 5.74) is 9.76. The molecular formula is C18H22BrNO. The average molecular weight is 348 g/mol. The quantitative estimate of drug-likeness (QED) is 0.832. The molecule has 21 heavy (non-hydrogen) atoms. The maximum atomic E-state index is 6.30. The Balaban J connectivity index is 2.35. The summed E-state index contributed by atoms with van der Waals surface area (Å²) < 4.78 is 7.30. The molecule has 2 nitrogen and oxygen atoms in total. The second-order valence-electron chi connectivity index (χ2n) is 5.40. The van der Waals surface area contributed by atoms with Crippen molar-refractivity contribution in [3.8, 4) is 5.75 Å². The summed E-state index contributed by atoms with van der Waals surface area (Å²) in [6.07, 6.45) is 0.698. The molecule has 2 atom stereocenters. The summed E-state index contributed by atoms with van der Waals surface area (Å²) in [4.78, 5) is 0. The van der Waals surface area contributed by atoms with Crippen molar-refractivity contribution >= 4 is 15.9 Å². The highest BCUT2D eigenvalue weighted by Crippen LogP contribution is 2.32. The topological polar surface area (TPSA) is 35.2 Å². The molecule has 3 heteroatoms. The number of ether oxygens (including phenoxy) is 1. The minimum absolute atomic E-state index is 0.0515. The molecule has 2 aromatic rings. The Morgan fingerprint density at radius 3 is 2.48 bits per heavy atom. The van der Waals surface area contributed by atoms with E-state index in [1.807, 2.05) is 24.3 Å². The average Bonchev–Trinajstić information content (AvgIpc) is 2.47. The summed E-state index contributed by atoms with van der Waals surface area (Å²) in [6, 6.07) is 14.3. The largest absolute Gasteiger partial charge is 0.484 e. The zero-order valence-electron chi connectivity index (χ0n) is 12.8. The Bertz CT molecular complexity index is 612. The van der Waals surface area contributed by atoms with Gasteiger partial charge in [0.1, 0.15) is 11.9 Å². The van der Waals surface area contributed by atoms with Crippen LogP contribution < -0.4 is 10.5 Å². The van der Waals surface area contributed by atoms with E-state index < -0.39 is 0 Å². The second kappa shape index (κ2) is 7.10. The molecule has 0 heterocycles. The van der Waals surface area contributed by atoms with Crippen molar-refractivity contribution in [2.75, 3.05) is 0 Å². The molecule has 0 aliphatic carbocycles. The van der Waals surface area contributed by atoms with Crippen molar-refractivity contribution in [2.45, 2.75) is 39.3 Å². The monoisotopic (exact) mass is 347 g/mol. The summed E-state index contributed by atoms with van der Waals surface area (Å²) >= 11 is 3.60. The van der Waals surface area contributed by atoms with Crippen molar-refractivity contribution in [3.63, 3.8) is 0 Å². The zero-order chi connectivity index (χ0) is 15.4. The highest BCUT2D eigenvalue weighted by molar-refractivity contribution is 9.10. The van der Waals surface area contributed by atoms with Crippen molar-refractivity contribution in [2.24, 2.45) is 5.73 Å². The van der Waals surface area contributed by atoms with Crippen molar-refractivity contribution in [1.82, 2.24) is 0 Å². The molecule has 0 amide bonds. The van der Waals surface area contributed by atoms with Crippen molar-refractivity contribution < 1.29 is 4.74 Å². The third-order valence-electron chi connectivity index (χ3n) is 3.66. The molecular weight excluding hydrogens is 326 g/mol. The van der Waals surface area contributed by atoms with Gasteiger partial charge in [0, 0.05) is 16.1 Å². The summed E-state index contributed by atoms with van der Waals surface area (Å²) in [6.45, 7) is 6.23. The van der Waals surface area contributed by atoms with Crippen LogP contribution in [0.1, 0.15) is 36.1 Å². The van der Waals surface area contributed by atoms with E-state index in [0.29, 0.717) is 0 Å². The SMILES string of the molecule is CCC(N)C(Oc1ccc(C)cc1C)c1ccccc1Br. The van der Waals surface area contributed by atoms with Crippen molar-refractivity contribution in [1.29, 1.82) is 0 Å². The first-order valence-corrected chi connectivity index (χ1v) is 8.06. The molecule has 0 aliphatic heterocycles. The lowest BCUT2D eigenvalue weighted by molar-refractivity contribution is 0.169. The number of halogens is 1. The molecule has 2 aromatic carbocycles. The van der Waals surface area contributed by atoms with Crippen LogP contribution in [0.4, 0.5) is 0 Å². The molecule has 0 bridgehead atoms. The van der Waals surface area contributed by atoms with Gasteiger partial charge in [0.05, 0.1) is 0 Å². The predicted octanol–water partition coefficient (Wildman–Crippen LogP) is 4.92. The van der Waals surface area contributed by atoms with Gasteiger partial charge in [-0.05, 0) is 38.0 Å². The zero-order valence-corrected chi connectivity index (χ0v) is 14.4. The van der Waals surface area contributed by atoms with Crippen LogP contribution in [-0.4, -0.2) is 6.04 Å². The van der Waals surface area contributed by atoms with Gasteiger partial charge in [0.15, 0.2) is 0 Å². The number of nitrogens with two attached hydrogens (primary N) is 1. The fourth-order valence-electron chi connectivity index (χ4n) is 2.37. The fourth-order valence-corrected chi connectivity index (χ4v) is 2.88. The van der Waals surface area contributed by atoms with Gasteiger partial charge < -0.3 is 10.5 Å². The first-order chi connectivity index (χ1) is 10.0. The minimum Gasteiger partial charge on any atom is -0.484 e. The normalized spacial score (nSPS) is 13.8. The van der Waals surface area contributed by atoms with Crippen LogP contribution in [-0.2, 0) is 0 Å². The third-order valence-corrected chi connectivity index (χ3v) is 4.38. The lowest BCUT2D eigenvalue weighted by atomic mass is 10.0. The van der Waals surface area contributed by atoms with Gasteiger partial charge in [0.2, 0.25) is 0 Å². The van der Waals surface area contributed by atoms with Crippen LogP contribution in [0.5, 0.6) is 5.75 Å². The molecule has 0 spiro atoms. The lowest BCUT2D eigenvalue weighted by Gasteiger charge is -2.26. The van der Waals surface area contributed by atoms with Gasteiger partial charge in [-0.15, -0.1) is 0 Å². The first kappa shape index (κ1) is 16.1. The molecule has 2 N–H and O–H groups in total. The summed E-state index contributed by atoms with van der Waals surface area (Å²) in [5.74, 6) is 0.894. The fraction of sp³-hybridized carbons (Fsp3) is 0.333. The Labute approximate surface area is 135 Å². The van der Waals surface area contributed by atoms with Crippen LogP contribution in [0.2, 0.25) is 0 Å². The first-order valence-electron chi connectivity index (χ1n) is 7.26. The molecule has 0 aromatic heterocycles. The highest BCUT2D eigenvalue weighted by Gasteiger charge is 2.23. The standard InChI is InChI=1S/C18H22BrNO/c1-4-16(20)18(14-7-5-6-8-15(14)19)21-17-10-9-12(2)11-13(17)3/h5-11,16,18H,4,20H2,1-3H3. The Morgan fingerprint density at radius 2 is 1.86 bits per heavy atom. The number of hydrogen-bond donors (Lipinski definition) is 1. The molecule has 112 valence electrons. The number of rotatable bonds is 5. The van der Waals surface area contributed by atoms with E-state index in [1.54, 1.807) is 0 Å². The van der Waals surface area contributed by atoms with E-state index >= 15 is 0 Å². The summed E-state index contributed by atoms with van der Waals surface area (Å²) in [5, 5.41) is 0. The second-order valence-corrected chi connectivity index (χ2v) is 6.26. The Kier molecular flexibility index (Phi) is 5.43. The van der Waals surface area contributed by atoms with E-state index in [4.69, 9.17) is 10.5 Å². The number of benzene rings is 2. The lowest BCUT2D eigenvalue weighted by Crippen LogP contribution is -2.31. The maximum absolute atomic E-state index is 6.30. The molecule has 0 aliphatic rings. The van der Waals surface area contributed by atoms with E-state index in [2.05, 4.69) is 54.9 Å². The van der Waals surface area contributed by atoms with Gasteiger partial charge in [-0.3, -0.25) is 0 Å². The van der Waals surface area contributed by atoms with Crippen LogP contribution in [0.25, 0.3) is 0 Å². The smallest absolute Gasteiger partial charge is 0.140 e. The van der Waals surface area contributed by atoms with E-state index in [9.17, 15) is 0 Å². The van der Waals surface area contributed by atoms with E-state index in [1.165, 1.54) is 5.56 Å². The molecule has 0 saturated carbocycles. The molecule has 0 radical (unpaired) electrons. The number of hydrogen-bond acceptors (Lipinski definition) is 2. The molecule has 0 fully saturated rings. The predicted molar refractivity (Wildman–Crippen MR) is 91.7 cm³/mol. The Morgan fingerprint density at radius 1 is 1.14 bits per heavy atom. The van der Waals surface area contributed by atoms with Gasteiger partial charge in [-0.25, -0.2) is 0 Å².